The number of carboxylic acid groups (broad SMARTS) is 1. The molecule has 0 bridgehead atoms. The highest BCUT2D eigenvalue weighted by Crippen LogP contribution is 2.30. The van der Waals surface area contributed by atoms with Gasteiger partial charge in [-0.3, -0.25) is 4.79 Å². The zero-order valence-electron chi connectivity index (χ0n) is 15.5. The lowest BCUT2D eigenvalue weighted by atomic mass is 10.1. The second-order valence-corrected chi connectivity index (χ2v) is 7.16. The number of hydrogen-bond donors (Lipinski definition) is 1. The summed E-state index contributed by atoms with van der Waals surface area (Å²) < 4.78 is 6.65. The molecule has 0 aromatic heterocycles. The molecule has 0 fully saturated rings. The van der Waals surface area contributed by atoms with Crippen LogP contribution in [0, 0.1) is 0 Å². The number of carbonyl (C=O) groups excluding carboxylic acids is 1. The highest BCUT2D eigenvalue weighted by Gasteiger charge is 2.29. The van der Waals surface area contributed by atoms with E-state index in [9.17, 15) is 14.7 Å². The van der Waals surface area contributed by atoms with Gasteiger partial charge in [0.1, 0.15) is 5.75 Å². The Morgan fingerprint density at radius 3 is 2.79 bits per heavy atom. The molecule has 0 aliphatic carbocycles. The van der Waals surface area contributed by atoms with E-state index in [1.54, 1.807) is 25.1 Å². The second kappa shape index (κ2) is 8.39. The number of ether oxygens (including phenoxy) is 1. The van der Waals surface area contributed by atoms with Gasteiger partial charge in [-0.25, -0.2) is 4.79 Å². The van der Waals surface area contributed by atoms with Gasteiger partial charge in [0.15, 0.2) is 0 Å². The first-order valence-corrected chi connectivity index (χ1v) is 9.57. The molecule has 28 heavy (non-hydrogen) atoms. The number of hydrazone groups is 1. The van der Waals surface area contributed by atoms with Gasteiger partial charge >= 0.3 is 5.97 Å². The van der Waals surface area contributed by atoms with Gasteiger partial charge in [0.25, 0.3) is 5.91 Å². The molecule has 1 aliphatic rings. The van der Waals surface area contributed by atoms with E-state index in [0.717, 1.165) is 16.5 Å². The molecule has 3 rings (SSSR count). The van der Waals surface area contributed by atoms with Crippen LogP contribution in [0.2, 0.25) is 0 Å². The summed E-state index contributed by atoms with van der Waals surface area (Å²) >= 11 is 3.45. The molecule has 7 heteroatoms. The fourth-order valence-electron chi connectivity index (χ4n) is 2.76. The average molecular weight is 443 g/mol. The molecule has 0 radical (unpaired) electrons. The van der Waals surface area contributed by atoms with E-state index in [-0.39, 0.29) is 11.5 Å². The standard InChI is InChI=1S/C21H19BrN2O4/c1-3-9-28-19-8-7-16(22)10-15(19)12-18-13(2)23-24(20(18)25)17-6-4-5-14(11-17)21(26)27/h4-8,10-12H,3,9H2,1-2H3,(H,26,27)/b18-12-. The van der Waals surface area contributed by atoms with E-state index in [2.05, 4.69) is 21.0 Å². The molecule has 0 atom stereocenters. The quantitative estimate of drug-likeness (QED) is 0.654. The summed E-state index contributed by atoms with van der Waals surface area (Å²) in [4.78, 5) is 24.2. The molecule has 2 aromatic carbocycles. The number of carbonyl (C=O) groups is 2. The minimum absolute atomic E-state index is 0.0952. The molecule has 1 heterocycles. The van der Waals surface area contributed by atoms with Crippen molar-refractivity contribution in [2.24, 2.45) is 5.10 Å². The van der Waals surface area contributed by atoms with Gasteiger partial charge in [0, 0.05) is 10.0 Å². The van der Waals surface area contributed by atoms with Crippen molar-refractivity contribution in [3.63, 3.8) is 0 Å². The molecular weight excluding hydrogens is 424 g/mol. The first-order valence-electron chi connectivity index (χ1n) is 8.78. The normalized spacial score (nSPS) is 15.1. The van der Waals surface area contributed by atoms with Crippen molar-refractivity contribution in [2.45, 2.75) is 20.3 Å². The number of rotatable bonds is 6. The number of nitrogens with zero attached hydrogens (tertiary/aromatic N) is 2. The molecule has 6 nitrogen and oxygen atoms in total. The van der Waals surface area contributed by atoms with Crippen molar-refractivity contribution in [2.75, 3.05) is 11.6 Å². The predicted octanol–water partition coefficient (Wildman–Crippen LogP) is 4.74. The van der Waals surface area contributed by atoms with Crippen LogP contribution in [0.3, 0.4) is 0 Å². The SMILES string of the molecule is CCCOc1ccc(Br)cc1/C=C1\C(=O)N(c2cccc(C(=O)O)c2)N=C1C. The maximum atomic E-state index is 13.0. The lowest BCUT2D eigenvalue weighted by Gasteiger charge is -2.12. The Bertz CT molecular complexity index is 998. The summed E-state index contributed by atoms with van der Waals surface area (Å²) in [5.41, 5.74) is 2.25. The molecule has 2 aromatic rings. The molecule has 0 saturated carbocycles. The molecule has 1 amide bonds. The number of hydrogen-bond acceptors (Lipinski definition) is 4. The lowest BCUT2D eigenvalue weighted by Crippen LogP contribution is -2.21. The fourth-order valence-corrected chi connectivity index (χ4v) is 3.14. The molecule has 144 valence electrons. The first kappa shape index (κ1) is 19.8. The summed E-state index contributed by atoms with van der Waals surface area (Å²) in [6.45, 7) is 4.35. The van der Waals surface area contributed by atoms with Crippen LogP contribution < -0.4 is 9.75 Å². The van der Waals surface area contributed by atoms with Crippen molar-refractivity contribution >= 4 is 45.3 Å². The molecule has 0 saturated heterocycles. The fraction of sp³-hybridized carbons (Fsp3) is 0.190. The Morgan fingerprint density at radius 2 is 2.07 bits per heavy atom. The average Bonchev–Trinajstić information content (AvgIpc) is 2.96. The van der Waals surface area contributed by atoms with Gasteiger partial charge < -0.3 is 9.84 Å². The van der Waals surface area contributed by atoms with Gasteiger partial charge in [-0.05, 0) is 55.8 Å². The highest BCUT2D eigenvalue weighted by molar-refractivity contribution is 9.10. The van der Waals surface area contributed by atoms with Crippen LogP contribution in [0.4, 0.5) is 5.69 Å². The Morgan fingerprint density at radius 1 is 1.29 bits per heavy atom. The Labute approximate surface area is 171 Å². The molecule has 0 spiro atoms. The number of benzene rings is 2. The van der Waals surface area contributed by atoms with Crippen molar-refractivity contribution in [1.82, 2.24) is 0 Å². The summed E-state index contributed by atoms with van der Waals surface area (Å²) in [5.74, 6) is -0.692. The number of carboxylic acids is 1. The predicted molar refractivity (Wildman–Crippen MR) is 112 cm³/mol. The van der Waals surface area contributed by atoms with Crippen molar-refractivity contribution < 1.29 is 19.4 Å². The van der Waals surface area contributed by atoms with Crippen LogP contribution in [0.25, 0.3) is 6.08 Å². The number of aromatic carboxylic acids is 1. The van der Waals surface area contributed by atoms with Crippen molar-refractivity contribution in [3.05, 3.63) is 63.6 Å². The van der Waals surface area contributed by atoms with Crippen LogP contribution in [0.1, 0.15) is 36.2 Å². The molecule has 0 unspecified atom stereocenters. The monoisotopic (exact) mass is 442 g/mol. The van der Waals surface area contributed by atoms with Gasteiger partial charge in [0.05, 0.1) is 29.1 Å². The Balaban J connectivity index is 1.96. The Kier molecular flexibility index (Phi) is 5.94. The van der Waals surface area contributed by atoms with Crippen molar-refractivity contribution in [1.29, 1.82) is 0 Å². The van der Waals surface area contributed by atoms with E-state index < -0.39 is 5.97 Å². The van der Waals surface area contributed by atoms with Crippen molar-refractivity contribution in [3.8, 4) is 5.75 Å². The third kappa shape index (κ3) is 4.14. The second-order valence-electron chi connectivity index (χ2n) is 6.25. The topological polar surface area (TPSA) is 79.2 Å². The van der Waals surface area contributed by atoms with Gasteiger partial charge in [-0.2, -0.15) is 10.1 Å². The number of halogens is 1. The van der Waals surface area contributed by atoms with Crippen LogP contribution in [-0.4, -0.2) is 29.3 Å². The van der Waals surface area contributed by atoms with Crippen LogP contribution in [0.15, 0.2) is 57.6 Å². The lowest BCUT2D eigenvalue weighted by molar-refractivity contribution is -0.114. The maximum absolute atomic E-state index is 13.0. The number of amides is 1. The third-order valence-electron chi connectivity index (χ3n) is 4.13. The third-order valence-corrected chi connectivity index (χ3v) is 4.63. The van der Waals surface area contributed by atoms with E-state index in [0.29, 0.717) is 29.3 Å². The highest BCUT2D eigenvalue weighted by atomic mass is 79.9. The van der Waals surface area contributed by atoms with Crippen LogP contribution in [0.5, 0.6) is 5.75 Å². The van der Waals surface area contributed by atoms with E-state index in [1.807, 2.05) is 25.1 Å². The molecule has 1 aliphatic heterocycles. The maximum Gasteiger partial charge on any atom is 0.335 e. The summed E-state index contributed by atoms with van der Waals surface area (Å²) in [6.07, 6.45) is 2.62. The Hall–Kier alpha value is -2.93. The van der Waals surface area contributed by atoms with Gasteiger partial charge in [0.2, 0.25) is 0 Å². The van der Waals surface area contributed by atoms with E-state index >= 15 is 0 Å². The molecule has 1 N–H and O–H groups in total. The number of anilines is 1. The summed E-state index contributed by atoms with van der Waals surface area (Å²) in [7, 11) is 0. The van der Waals surface area contributed by atoms with Crippen LogP contribution in [-0.2, 0) is 4.79 Å². The largest absolute Gasteiger partial charge is 0.493 e. The van der Waals surface area contributed by atoms with E-state index in [4.69, 9.17) is 4.74 Å². The zero-order chi connectivity index (χ0) is 20.3. The molecular formula is C21H19BrN2O4. The summed E-state index contributed by atoms with van der Waals surface area (Å²) in [5, 5.41) is 14.7. The van der Waals surface area contributed by atoms with Gasteiger partial charge in [-0.1, -0.05) is 28.9 Å². The summed E-state index contributed by atoms with van der Waals surface area (Å²) in [6, 6.07) is 11.8. The smallest absolute Gasteiger partial charge is 0.335 e. The zero-order valence-corrected chi connectivity index (χ0v) is 17.1. The minimum Gasteiger partial charge on any atom is -0.493 e. The van der Waals surface area contributed by atoms with Gasteiger partial charge in [-0.15, -0.1) is 0 Å². The van der Waals surface area contributed by atoms with Crippen LogP contribution >= 0.6 is 15.9 Å². The first-order chi connectivity index (χ1) is 13.4. The van der Waals surface area contributed by atoms with E-state index in [1.165, 1.54) is 17.1 Å². The minimum atomic E-state index is -1.06.